The lowest BCUT2D eigenvalue weighted by atomic mass is 10.2. The summed E-state index contributed by atoms with van der Waals surface area (Å²) >= 11 is 0. The summed E-state index contributed by atoms with van der Waals surface area (Å²) in [5, 5.41) is 0. The third-order valence-corrected chi connectivity index (χ3v) is 10.6. The molecule has 0 aliphatic carbocycles. The molecule has 2 fully saturated rings. The Bertz CT molecular complexity index is 309. The van der Waals surface area contributed by atoms with Gasteiger partial charge in [0.15, 0.2) is 8.32 Å². The van der Waals surface area contributed by atoms with Crippen LogP contribution < -0.4 is 0 Å². The molecule has 0 amide bonds. The molecule has 2 aliphatic rings. The molecule has 0 aromatic carbocycles. The van der Waals surface area contributed by atoms with Crippen LogP contribution in [0.5, 0.6) is 0 Å². The van der Waals surface area contributed by atoms with E-state index in [0.717, 1.165) is 32.9 Å². The van der Waals surface area contributed by atoms with Crippen LogP contribution in [0.2, 0.25) is 18.1 Å². The monoisotopic (exact) mass is 357 g/mol. The molecule has 2 rings (SSSR count). The summed E-state index contributed by atoms with van der Waals surface area (Å²) in [7, 11) is -1.49. The lowest BCUT2D eigenvalue weighted by molar-refractivity contribution is 0.0375. The maximum absolute atomic E-state index is 6.25. The van der Waals surface area contributed by atoms with Crippen molar-refractivity contribution in [1.29, 1.82) is 0 Å². The van der Waals surface area contributed by atoms with Crippen LogP contribution in [0.4, 0.5) is 0 Å². The molecule has 142 valence electrons. The highest BCUT2D eigenvalue weighted by Crippen LogP contribution is 2.25. The number of hydrogen-bond donors (Lipinski definition) is 0. The highest BCUT2D eigenvalue weighted by molar-refractivity contribution is 6.73. The van der Waals surface area contributed by atoms with Gasteiger partial charge in [-0.3, -0.25) is 4.90 Å². The molecule has 0 spiro atoms. The van der Waals surface area contributed by atoms with Crippen molar-refractivity contribution in [3.8, 4) is 0 Å². The summed E-state index contributed by atoms with van der Waals surface area (Å²) in [6.07, 6.45) is 7.05. The zero-order chi connectivity index (χ0) is 17.3. The Morgan fingerprint density at radius 3 is 1.96 bits per heavy atom. The van der Waals surface area contributed by atoms with Crippen LogP contribution in [0.15, 0.2) is 0 Å². The lowest BCUT2D eigenvalue weighted by Gasteiger charge is -2.31. The van der Waals surface area contributed by atoms with Crippen LogP contribution in [-0.4, -0.2) is 64.9 Å². The largest absolute Gasteiger partial charge is 0.417 e. The standard InChI is InChI=1S/C19H39NO3Si/c1-4-23-24(5-2,6-3)15-9-12-20(16-18-10-7-13-21-18)17-19-11-8-14-22-19/h18-19H,4-17H2,1-3H3. The van der Waals surface area contributed by atoms with E-state index in [1.807, 2.05) is 0 Å². The molecule has 0 aromatic heterocycles. The van der Waals surface area contributed by atoms with E-state index in [0.29, 0.717) is 12.2 Å². The first-order valence-corrected chi connectivity index (χ1v) is 12.8. The van der Waals surface area contributed by atoms with Crippen LogP contribution in [0.3, 0.4) is 0 Å². The van der Waals surface area contributed by atoms with E-state index >= 15 is 0 Å². The Balaban J connectivity index is 1.81. The van der Waals surface area contributed by atoms with Crippen molar-refractivity contribution in [2.24, 2.45) is 0 Å². The molecular formula is C19H39NO3Si. The highest BCUT2D eigenvalue weighted by atomic mass is 28.4. The molecule has 0 aromatic rings. The first-order chi connectivity index (χ1) is 11.7. The van der Waals surface area contributed by atoms with E-state index in [1.54, 1.807) is 0 Å². The maximum Gasteiger partial charge on any atom is 0.192 e. The van der Waals surface area contributed by atoms with Crippen LogP contribution in [0.25, 0.3) is 0 Å². The topological polar surface area (TPSA) is 30.9 Å². The number of ether oxygens (including phenoxy) is 2. The van der Waals surface area contributed by atoms with Crippen molar-refractivity contribution >= 4 is 8.32 Å². The fourth-order valence-corrected chi connectivity index (χ4v) is 7.40. The molecule has 0 radical (unpaired) electrons. The second-order valence-electron chi connectivity index (χ2n) is 7.46. The van der Waals surface area contributed by atoms with Gasteiger partial charge in [-0.1, -0.05) is 13.8 Å². The van der Waals surface area contributed by atoms with Gasteiger partial charge in [-0.15, -0.1) is 0 Å². The average molecular weight is 358 g/mol. The SMILES string of the molecule is CCO[Si](CC)(CC)CCCN(CC1CCCO1)CC1CCCO1. The van der Waals surface area contributed by atoms with Gasteiger partial charge in [0.05, 0.1) is 12.2 Å². The fraction of sp³-hybridized carbons (Fsp3) is 1.00. The molecule has 0 N–H and O–H groups in total. The van der Waals surface area contributed by atoms with Gasteiger partial charge in [-0.2, -0.15) is 0 Å². The van der Waals surface area contributed by atoms with E-state index in [1.165, 1.54) is 56.8 Å². The van der Waals surface area contributed by atoms with Gasteiger partial charge in [0, 0.05) is 32.9 Å². The van der Waals surface area contributed by atoms with Crippen LogP contribution in [0.1, 0.15) is 52.9 Å². The summed E-state index contributed by atoms with van der Waals surface area (Å²) < 4.78 is 18.0. The molecule has 2 saturated heterocycles. The lowest BCUT2D eigenvalue weighted by Crippen LogP contribution is -2.41. The van der Waals surface area contributed by atoms with Crippen molar-refractivity contribution in [3.05, 3.63) is 0 Å². The van der Waals surface area contributed by atoms with Gasteiger partial charge in [-0.25, -0.2) is 0 Å². The first kappa shape index (κ1) is 20.4. The molecule has 2 heterocycles. The minimum atomic E-state index is -1.49. The average Bonchev–Trinajstić information content (AvgIpc) is 3.28. The van der Waals surface area contributed by atoms with E-state index in [4.69, 9.17) is 13.9 Å². The molecule has 2 aliphatic heterocycles. The zero-order valence-electron chi connectivity index (χ0n) is 16.2. The minimum Gasteiger partial charge on any atom is -0.417 e. The predicted molar refractivity (Wildman–Crippen MR) is 102 cm³/mol. The molecule has 4 nitrogen and oxygen atoms in total. The van der Waals surface area contributed by atoms with E-state index in [-0.39, 0.29) is 0 Å². The van der Waals surface area contributed by atoms with Crippen molar-refractivity contribution < 1.29 is 13.9 Å². The Hall–Kier alpha value is 0.0569. The van der Waals surface area contributed by atoms with Gasteiger partial charge in [0.1, 0.15) is 0 Å². The van der Waals surface area contributed by atoms with Crippen LogP contribution in [-0.2, 0) is 13.9 Å². The number of nitrogens with zero attached hydrogens (tertiary/aromatic N) is 1. The molecule has 2 unspecified atom stereocenters. The van der Waals surface area contributed by atoms with Crippen molar-refractivity contribution in [3.63, 3.8) is 0 Å². The molecule has 0 bridgehead atoms. The Morgan fingerprint density at radius 1 is 0.958 bits per heavy atom. The van der Waals surface area contributed by atoms with Gasteiger partial charge >= 0.3 is 0 Å². The van der Waals surface area contributed by atoms with Gasteiger partial charge in [0.25, 0.3) is 0 Å². The van der Waals surface area contributed by atoms with Gasteiger partial charge in [-0.05, 0) is 63.7 Å². The molecule has 24 heavy (non-hydrogen) atoms. The highest BCUT2D eigenvalue weighted by Gasteiger charge is 2.30. The second kappa shape index (κ2) is 10.9. The summed E-state index contributed by atoms with van der Waals surface area (Å²) in [5.41, 5.74) is 0. The third-order valence-electron chi connectivity index (χ3n) is 5.82. The number of hydrogen-bond acceptors (Lipinski definition) is 4. The van der Waals surface area contributed by atoms with Crippen LogP contribution in [0, 0.1) is 0 Å². The molecule has 0 saturated carbocycles. The first-order valence-electron chi connectivity index (χ1n) is 10.3. The summed E-state index contributed by atoms with van der Waals surface area (Å²) in [5.74, 6) is 0. The van der Waals surface area contributed by atoms with Crippen LogP contribution >= 0.6 is 0 Å². The van der Waals surface area contributed by atoms with E-state index in [2.05, 4.69) is 25.7 Å². The normalized spacial score (nSPS) is 25.0. The van der Waals surface area contributed by atoms with Crippen molar-refractivity contribution in [2.45, 2.75) is 83.2 Å². The predicted octanol–water partition coefficient (Wildman–Crippen LogP) is 4.06. The Labute approximate surface area is 150 Å². The minimum absolute atomic E-state index is 0.442. The van der Waals surface area contributed by atoms with Crippen molar-refractivity contribution in [2.75, 3.05) is 39.5 Å². The molecule has 5 heteroatoms. The Morgan fingerprint density at radius 2 is 1.54 bits per heavy atom. The summed E-state index contributed by atoms with van der Waals surface area (Å²) in [6, 6.07) is 3.78. The third kappa shape index (κ3) is 6.41. The summed E-state index contributed by atoms with van der Waals surface area (Å²) in [4.78, 5) is 2.61. The number of rotatable bonds is 12. The quantitative estimate of drug-likeness (QED) is 0.493. The van der Waals surface area contributed by atoms with E-state index in [9.17, 15) is 0 Å². The second-order valence-corrected chi connectivity index (χ2v) is 12.0. The van der Waals surface area contributed by atoms with Crippen molar-refractivity contribution in [1.82, 2.24) is 4.90 Å². The Kier molecular flexibility index (Phi) is 9.26. The maximum atomic E-state index is 6.25. The van der Waals surface area contributed by atoms with Gasteiger partial charge < -0.3 is 13.9 Å². The molecule has 2 atom stereocenters. The van der Waals surface area contributed by atoms with E-state index < -0.39 is 8.32 Å². The molecular weight excluding hydrogens is 318 g/mol. The zero-order valence-corrected chi connectivity index (χ0v) is 17.2. The smallest absolute Gasteiger partial charge is 0.192 e. The fourth-order valence-electron chi connectivity index (χ4n) is 4.22. The van der Waals surface area contributed by atoms with Gasteiger partial charge in [0.2, 0.25) is 0 Å². The summed E-state index contributed by atoms with van der Waals surface area (Å²) in [6.45, 7) is 12.9.